The summed E-state index contributed by atoms with van der Waals surface area (Å²) in [6.07, 6.45) is 0.917. The van der Waals surface area contributed by atoms with E-state index in [4.69, 9.17) is 33.7 Å². The molecular weight excluding hydrogens is 285 g/mol. The SMILES string of the molecule is CCCOc1c(Cl)cc(Cl)cc1C(C)CC(O)CN. The second-order valence-electron chi connectivity index (χ2n) is 4.68. The minimum absolute atomic E-state index is 0.0709. The lowest BCUT2D eigenvalue weighted by Crippen LogP contribution is -2.21. The van der Waals surface area contributed by atoms with Crippen LogP contribution in [0.25, 0.3) is 0 Å². The van der Waals surface area contributed by atoms with Gasteiger partial charge in [0.25, 0.3) is 0 Å². The van der Waals surface area contributed by atoms with E-state index in [1.54, 1.807) is 6.07 Å². The molecule has 0 saturated carbocycles. The predicted octanol–water partition coefficient (Wildman–Crippen LogP) is 3.60. The average molecular weight is 306 g/mol. The van der Waals surface area contributed by atoms with Gasteiger partial charge in [0, 0.05) is 17.1 Å². The van der Waals surface area contributed by atoms with Gasteiger partial charge in [-0.15, -0.1) is 0 Å². The highest BCUT2D eigenvalue weighted by atomic mass is 35.5. The first-order chi connectivity index (χ1) is 8.99. The fraction of sp³-hybridized carbons (Fsp3) is 0.571. The van der Waals surface area contributed by atoms with Crippen LogP contribution in [0.2, 0.25) is 10.0 Å². The lowest BCUT2D eigenvalue weighted by molar-refractivity contribution is 0.164. The molecule has 0 fully saturated rings. The van der Waals surface area contributed by atoms with Crippen molar-refractivity contribution in [3.63, 3.8) is 0 Å². The zero-order chi connectivity index (χ0) is 14.4. The van der Waals surface area contributed by atoms with Crippen molar-refractivity contribution in [2.75, 3.05) is 13.2 Å². The molecule has 2 unspecified atom stereocenters. The van der Waals surface area contributed by atoms with Crippen LogP contribution in [-0.4, -0.2) is 24.4 Å². The first kappa shape index (κ1) is 16.6. The maximum atomic E-state index is 9.66. The summed E-state index contributed by atoms with van der Waals surface area (Å²) in [7, 11) is 0. The molecule has 3 N–H and O–H groups in total. The quantitative estimate of drug-likeness (QED) is 0.809. The van der Waals surface area contributed by atoms with Gasteiger partial charge < -0.3 is 15.6 Å². The Kier molecular flexibility index (Phi) is 6.94. The van der Waals surface area contributed by atoms with Crippen LogP contribution in [0.5, 0.6) is 5.75 Å². The number of hydrogen-bond donors (Lipinski definition) is 2. The number of ether oxygens (including phenoxy) is 1. The van der Waals surface area contributed by atoms with Crippen molar-refractivity contribution >= 4 is 23.2 Å². The molecule has 19 heavy (non-hydrogen) atoms. The summed E-state index contributed by atoms with van der Waals surface area (Å²) in [5.74, 6) is 0.728. The highest BCUT2D eigenvalue weighted by Gasteiger charge is 2.18. The van der Waals surface area contributed by atoms with Crippen molar-refractivity contribution in [1.29, 1.82) is 0 Å². The molecule has 0 heterocycles. The third kappa shape index (κ3) is 4.84. The van der Waals surface area contributed by atoms with Gasteiger partial charge in [-0.05, 0) is 30.9 Å². The van der Waals surface area contributed by atoms with Gasteiger partial charge >= 0.3 is 0 Å². The zero-order valence-electron chi connectivity index (χ0n) is 11.3. The van der Waals surface area contributed by atoms with Gasteiger partial charge in [0.15, 0.2) is 0 Å². The molecule has 2 atom stereocenters. The van der Waals surface area contributed by atoms with E-state index in [0.717, 1.165) is 12.0 Å². The molecule has 0 spiro atoms. The lowest BCUT2D eigenvalue weighted by Gasteiger charge is -2.20. The second kappa shape index (κ2) is 7.95. The minimum Gasteiger partial charge on any atom is -0.492 e. The second-order valence-corrected chi connectivity index (χ2v) is 5.52. The Morgan fingerprint density at radius 3 is 2.63 bits per heavy atom. The van der Waals surface area contributed by atoms with Crippen molar-refractivity contribution in [3.8, 4) is 5.75 Å². The molecule has 0 aliphatic carbocycles. The Labute approximate surface area is 124 Å². The van der Waals surface area contributed by atoms with E-state index >= 15 is 0 Å². The Morgan fingerprint density at radius 2 is 2.05 bits per heavy atom. The zero-order valence-corrected chi connectivity index (χ0v) is 12.8. The minimum atomic E-state index is -0.535. The number of hydrogen-bond acceptors (Lipinski definition) is 3. The lowest BCUT2D eigenvalue weighted by atomic mass is 9.94. The van der Waals surface area contributed by atoms with Crippen LogP contribution in [0, 0.1) is 0 Å². The molecule has 0 saturated heterocycles. The van der Waals surface area contributed by atoms with Gasteiger partial charge in [-0.3, -0.25) is 0 Å². The topological polar surface area (TPSA) is 55.5 Å². The number of rotatable bonds is 7. The summed E-state index contributed by atoms with van der Waals surface area (Å²) < 4.78 is 5.70. The van der Waals surface area contributed by atoms with E-state index in [9.17, 15) is 5.11 Å². The molecule has 1 rings (SSSR count). The molecule has 0 aliphatic rings. The van der Waals surface area contributed by atoms with Crippen LogP contribution in [0.4, 0.5) is 0 Å². The fourth-order valence-electron chi connectivity index (χ4n) is 1.93. The molecule has 108 valence electrons. The molecule has 5 heteroatoms. The van der Waals surface area contributed by atoms with E-state index in [-0.39, 0.29) is 12.5 Å². The van der Waals surface area contributed by atoms with Crippen LogP contribution in [-0.2, 0) is 0 Å². The van der Waals surface area contributed by atoms with Crippen LogP contribution in [0.3, 0.4) is 0 Å². The highest BCUT2D eigenvalue weighted by Crippen LogP contribution is 2.38. The molecule has 0 aromatic heterocycles. The maximum Gasteiger partial charge on any atom is 0.141 e. The molecule has 1 aromatic rings. The van der Waals surface area contributed by atoms with Gasteiger partial charge in [0.2, 0.25) is 0 Å². The van der Waals surface area contributed by atoms with Gasteiger partial charge in [-0.2, -0.15) is 0 Å². The number of nitrogens with two attached hydrogens (primary N) is 1. The molecule has 0 amide bonds. The third-order valence-corrected chi connectivity index (χ3v) is 3.42. The summed E-state index contributed by atoms with van der Waals surface area (Å²) in [6.45, 7) is 4.87. The number of halogens is 2. The van der Waals surface area contributed by atoms with E-state index in [1.165, 1.54) is 0 Å². The number of aliphatic hydroxyl groups excluding tert-OH is 1. The number of benzene rings is 1. The number of aliphatic hydroxyl groups is 1. The Morgan fingerprint density at radius 1 is 1.37 bits per heavy atom. The van der Waals surface area contributed by atoms with Crippen molar-refractivity contribution in [2.24, 2.45) is 5.73 Å². The van der Waals surface area contributed by atoms with E-state index in [0.29, 0.717) is 28.8 Å². The van der Waals surface area contributed by atoms with Gasteiger partial charge in [0.05, 0.1) is 17.7 Å². The summed E-state index contributed by atoms with van der Waals surface area (Å²) in [5.41, 5.74) is 6.36. The normalized spacial score (nSPS) is 14.2. The van der Waals surface area contributed by atoms with Crippen LogP contribution >= 0.6 is 23.2 Å². The van der Waals surface area contributed by atoms with Crippen LogP contribution < -0.4 is 10.5 Å². The van der Waals surface area contributed by atoms with E-state index < -0.39 is 6.10 Å². The van der Waals surface area contributed by atoms with E-state index in [1.807, 2.05) is 19.9 Å². The summed E-state index contributed by atoms with van der Waals surface area (Å²) in [4.78, 5) is 0. The van der Waals surface area contributed by atoms with Gasteiger partial charge in [-0.1, -0.05) is 37.0 Å². The molecular formula is C14H21Cl2NO2. The smallest absolute Gasteiger partial charge is 0.141 e. The maximum absolute atomic E-state index is 9.66. The monoisotopic (exact) mass is 305 g/mol. The van der Waals surface area contributed by atoms with Gasteiger partial charge in [-0.25, -0.2) is 0 Å². The molecule has 0 aliphatic heterocycles. The Bertz CT molecular complexity index is 413. The van der Waals surface area contributed by atoms with Crippen molar-refractivity contribution in [2.45, 2.75) is 38.7 Å². The van der Waals surface area contributed by atoms with Crippen molar-refractivity contribution in [1.82, 2.24) is 0 Å². The molecule has 0 bridgehead atoms. The average Bonchev–Trinajstić information content (AvgIpc) is 2.36. The van der Waals surface area contributed by atoms with Gasteiger partial charge in [0.1, 0.15) is 5.75 Å². The van der Waals surface area contributed by atoms with Crippen LogP contribution in [0.1, 0.15) is 38.2 Å². The highest BCUT2D eigenvalue weighted by molar-refractivity contribution is 6.35. The molecule has 3 nitrogen and oxygen atoms in total. The summed E-state index contributed by atoms with van der Waals surface area (Å²) >= 11 is 12.2. The van der Waals surface area contributed by atoms with Crippen molar-refractivity contribution in [3.05, 3.63) is 27.7 Å². The Balaban J connectivity index is 3.01. The Hall–Kier alpha value is -0.480. The summed E-state index contributed by atoms with van der Waals surface area (Å²) in [5, 5.41) is 10.7. The molecule has 0 radical (unpaired) electrons. The van der Waals surface area contributed by atoms with E-state index in [2.05, 4.69) is 0 Å². The molecule has 1 aromatic carbocycles. The van der Waals surface area contributed by atoms with Crippen LogP contribution in [0.15, 0.2) is 12.1 Å². The predicted molar refractivity (Wildman–Crippen MR) is 80.3 cm³/mol. The first-order valence-corrected chi connectivity index (χ1v) is 7.25. The largest absolute Gasteiger partial charge is 0.492 e. The van der Waals surface area contributed by atoms with Crippen molar-refractivity contribution < 1.29 is 9.84 Å². The fourth-order valence-corrected chi connectivity index (χ4v) is 2.50. The standard InChI is InChI=1S/C14H21Cl2NO2/c1-3-4-19-14-12(6-10(15)7-13(14)16)9(2)5-11(18)8-17/h6-7,9,11,18H,3-5,8,17H2,1-2H3. The first-order valence-electron chi connectivity index (χ1n) is 6.49. The summed E-state index contributed by atoms with van der Waals surface area (Å²) in [6, 6.07) is 3.51. The third-order valence-electron chi connectivity index (χ3n) is 2.92.